The van der Waals surface area contributed by atoms with Gasteiger partial charge >= 0.3 is 0 Å². The fourth-order valence-electron chi connectivity index (χ4n) is 3.75. The maximum atomic E-state index is 11.2. The highest BCUT2D eigenvalue weighted by atomic mass is 16.5. The summed E-state index contributed by atoms with van der Waals surface area (Å²) in [5.74, 6) is 1.15. The first-order valence-electron chi connectivity index (χ1n) is 7.99. The van der Waals surface area contributed by atoms with Crippen LogP contribution in [0.15, 0.2) is 39.6 Å². The molecular formula is C17H21N3O2. The Bertz CT molecular complexity index is 681. The second-order valence-electron chi connectivity index (χ2n) is 6.43. The number of fused-ring (bicyclic) bond motifs is 1. The third kappa shape index (κ3) is 2.74. The van der Waals surface area contributed by atoms with Crippen LogP contribution in [-0.4, -0.2) is 29.2 Å². The van der Waals surface area contributed by atoms with E-state index in [-0.39, 0.29) is 5.56 Å². The van der Waals surface area contributed by atoms with Gasteiger partial charge in [0.15, 0.2) is 0 Å². The highest BCUT2D eigenvalue weighted by molar-refractivity contribution is 5.30. The Morgan fingerprint density at radius 2 is 2.00 bits per heavy atom. The molecule has 0 aliphatic carbocycles. The van der Waals surface area contributed by atoms with Crippen molar-refractivity contribution < 1.29 is 4.52 Å². The van der Waals surface area contributed by atoms with E-state index in [4.69, 9.17) is 4.52 Å². The van der Waals surface area contributed by atoms with Crippen LogP contribution in [0.1, 0.15) is 35.6 Å². The lowest BCUT2D eigenvalue weighted by molar-refractivity contribution is 0.210. The number of aromatic amines is 1. The molecule has 0 saturated carbocycles. The summed E-state index contributed by atoms with van der Waals surface area (Å²) in [6.45, 7) is 4.10. The zero-order chi connectivity index (χ0) is 14.9. The summed E-state index contributed by atoms with van der Waals surface area (Å²) in [6, 6.07) is 10.7. The van der Waals surface area contributed by atoms with Gasteiger partial charge in [0.1, 0.15) is 5.76 Å². The molecule has 2 aliphatic heterocycles. The van der Waals surface area contributed by atoms with E-state index in [0.29, 0.717) is 12.0 Å². The van der Waals surface area contributed by atoms with Crippen LogP contribution in [-0.2, 0) is 13.1 Å². The monoisotopic (exact) mass is 299 g/mol. The molecular weight excluding hydrogens is 278 g/mol. The summed E-state index contributed by atoms with van der Waals surface area (Å²) >= 11 is 0. The number of benzene rings is 1. The lowest BCUT2D eigenvalue weighted by Gasteiger charge is -2.31. The first kappa shape index (κ1) is 13.8. The van der Waals surface area contributed by atoms with Crippen molar-refractivity contribution >= 4 is 0 Å². The minimum Gasteiger partial charge on any atom is -0.383 e. The molecule has 2 aromatic rings. The Kier molecular flexibility index (Phi) is 3.60. The number of rotatable bonds is 3. The topological polar surface area (TPSA) is 61.3 Å². The van der Waals surface area contributed by atoms with Crippen LogP contribution in [0.5, 0.6) is 0 Å². The average molecular weight is 299 g/mol. The minimum absolute atomic E-state index is 0.139. The lowest BCUT2D eigenvalue weighted by atomic mass is 9.90. The van der Waals surface area contributed by atoms with Crippen LogP contribution in [0.2, 0.25) is 0 Å². The third-order valence-electron chi connectivity index (χ3n) is 4.82. The summed E-state index contributed by atoms with van der Waals surface area (Å²) < 4.78 is 5.29. The SMILES string of the molecule is O=c1cc([C@H]2CCN[C@@H](CN3Cc4ccccc4C3)C2)o[nH]1. The van der Waals surface area contributed by atoms with Crippen LogP contribution < -0.4 is 10.9 Å². The van der Waals surface area contributed by atoms with Crippen molar-refractivity contribution in [2.24, 2.45) is 0 Å². The molecule has 0 radical (unpaired) electrons. The first-order chi connectivity index (χ1) is 10.8. The molecule has 2 aliphatic rings. The molecule has 2 N–H and O–H groups in total. The summed E-state index contributed by atoms with van der Waals surface area (Å²) in [6.07, 6.45) is 2.05. The van der Waals surface area contributed by atoms with E-state index in [1.807, 2.05) is 0 Å². The Morgan fingerprint density at radius 3 is 2.68 bits per heavy atom. The van der Waals surface area contributed by atoms with E-state index in [1.165, 1.54) is 11.1 Å². The average Bonchev–Trinajstić information content (AvgIpc) is 3.13. The van der Waals surface area contributed by atoms with Crippen molar-refractivity contribution in [3.8, 4) is 0 Å². The third-order valence-corrected chi connectivity index (χ3v) is 4.82. The predicted octanol–water partition coefficient (Wildman–Crippen LogP) is 1.82. The smallest absolute Gasteiger partial charge is 0.280 e. The zero-order valence-corrected chi connectivity index (χ0v) is 12.5. The summed E-state index contributed by atoms with van der Waals surface area (Å²) in [5, 5.41) is 6.01. The van der Waals surface area contributed by atoms with E-state index >= 15 is 0 Å². The van der Waals surface area contributed by atoms with Gasteiger partial charge in [0.05, 0.1) is 0 Å². The maximum Gasteiger partial charge on any atom is 0.280 e. The number of nitrogens with zero attached hydrogens (tertiary/aromatic N) is 1. The molecule has 0 unspecified atom stereocenters. The van der Waals surface area contributed by atoms with Crippen molar-refractivity contribution in [3.63, 3.8) is 0 Å². The fraction of sp³-hybridized carbons (Fsp3) is 0.471. The number of aromatic nitrogens is 1. The van der Waals surface area contributed by atoms with Crippen molar-refractivity contribution in [2.75, 3.05) is 13.1 Å². The Balaban J connectivity index is 1.39. The number of piperidine rings is 1. The van der Waals surface area contributed by atoms with Crippen molar-refractivity contribution in [3.05, 3.63) is 57.6 Å². The number of hydrogen-bond donors (Lipinski definition) is 2. The Labute approximate surface area is 129 Å². The first-order valence-corrected chi connectivity index (χ1v) is 7.99. The molecule has 0 amide bonds. The van der Waals surface area contributed by atoms with Crippen LogP contribution in [0.25, 0.3) is 0 Å². The molecule has 1 aromatic heterocycles. The standard InChI is InChI=1S/C17H21N3O2/c21-17-8-16(22-19-17)12-5-6-18-15(7-12)11-20-9-13-3-1-2-4-14(13)10-20/h1-4,8,12,15,18H,5-7,9-11H2,(H,19,21)/t12-,15+/m0/s1. The van der Waals surface area contributed by atoms with E-state index in [2.05, 4.69) is 39.6 Å². The van der Waals surface area contributed by atoms with Gasteiger partial charge in [0.2, 0.25) is 0 Å². The van der Waals surface area contributed by atoms with E-state index in [0.717, 1.165) is 44.8 Å². The van der Waals surface area contributed by atoms with Crippen LogP contribution >= 0.6 is 0 Å². The van der Waals surface area contributed by atoms with Crippen LogP contribution in [0.3, 0.4) is 0 Å². The highest BCUT2D eigenvalue weighted by Crippen LogP contribution is 2.28. The molecule has 4 rings (SSSR count). The van der Waals surface area contributed by atoms with Gasteiger partial charge in [-0.3, -0.25) is 9.69 Å². The summed E-state index contributed by atoms with van der Waals surface area (Å²) in [7, 11) is 0. The summed E-state index contributed by atoms with van der Waals surface area (Å²) in [5.41, 5.74) is 2.76. The molecule has 22 heavy (non-hydrogen) atoms. The van der Waals surface area contributed by atoms with E-state index < -0.39 is 0 Å². The van der Waals surface area contributed by atoms with Gasteiger partial charge in [-0.15, -0.1) is 0 Å². The van der Waals surface area contributed by atoms with Crippen LogP contribution in [0, 0.1) is 0 Å². The largest absolute Gasteiger partial charge is 0.383 e. The molecule has 5 heteroatoms. The van der Waals surface area contributed by atoms with Gasteiger partial charge in [-0.1, -0.05) is 24.3 Å². The normalized spacial score (nSPS) is 25.3. The molecule has 3 heterocycles. The second-order valence-corrected chi connectivity index (χ2v) is 6.43. The predicted molar refractivity (Wildman–Crippen MR) is 83.7 cm³/mol. The van der Waals surface area contributed by atoms with Gasteiger partial charge in [-0.05, 0) is 30.5 Å². The van der Waals surface area contributed by atoms with Crippen molar-refractivity contribution in [1.82, 2.24) is 15.4 Å². The Hall–Kier alpha value is -1.85. The quantitative estimate of drug-likeness (QED) is 0.907. The minimum atomic E-state index is -0.139. The molecule has 2 atom stereocenters. The molecule has 1 saturated heterocycles. The van der Waals surface area contributed by atoms with E-state index in [1.54, 1.807) is 6.07 Å². The van der Waals surface area contributed by atoms with E-state index in [9.17, 15) is 4.79 Å². The fourth-order valence-corrected chi connectivity index (χ4v) is 3.75. The second kappa shape index (κ2) is 5.74. The lowest BCUT2D eigenvalue weighted by Crippen LogP contribution is -2.44. The van der Waals surface area contributed by atoms with Gasteiger partial charge in [-0.2, -0.15) is 5.16 Å². The van der Waals surface area contributed by atoms with Gasteiger partial charge in [0.25, 0.3) is 5.56 Å². The van der Waals surface area contributed by atoms with Gasteiger partial charge in [0, 0.05) is 37.7 Å². The molecule has 116 valence electrons. The Morgan fingerprint density at radius 1 is 1.23 bits per heavy atom. The number of nitrogens with one attached hydrogen (secondary N) is 2. The van der Waals surface area contributed by atoms with Gasteiger partial charge < -0.3 is 9.84 Å². The molecule has 0 spiro atoms. The number of H-pyrrole nitrogens is 1. The van der Waals surface area contributed by atoms with Gasteiger partial charge in [-0.25, -0.2) is 0 Å². The highest BCUT2D eigenvalue weighted by Gasteiger charge is 2.28. The molecule has 0 bridgehead atoms. The van der Waals surface area contributed by atoms with Crippen LogP contribution in [0.4, 0.5) is 0 Å². The maximum absolute atomic E-state index is 11.2. The van der Waals surface area contributed by atoms with Crippen molar-refractivity contribution in [2.45, 2.75) is 37.9 Å². The summed E-state index contributed by atoms with van der Waals surface area (Å²) in [4.78, 5) is 13.7. The van der Waals surface area contributed by atoms with Crippen molar-refractivity contribution in [1.29, 1.82) is 0 Å². The molecule has 1 fully saturated rings. The molecule has 5 nitrogen and oxygen atoms in total. The molecule has 1 aromatic carbocycles. The zero-order valence-electron chi connectivity index (χ0n) is 12.5. The number of hydrogen-bond acceptors (Lipinski definition) is 4.